The number of aromatic nitrogens is 2. The van der Waals surface area contributed by atoms with E-state index in [1.165, 1.54) is 18.6 Å². The molecule has 0 spiro atoms. The highest BCUT2D eigenvalue weighted by atomic mass is 32.2. The number of nitrogens with zero attached hydrogens (tertiary/aromatic N) is 5. The van der Waals surface area contributed by atoms with Crippen LogP contribution in [0.5, 0.6) is 0 Å². The standard InChI is InChI=1S/C23H29N5O6S/c1-17-13-27-20(14-26(17)22(30)34-23(2,3)4)19(12-24-27)28-11-10-25(16-35(28,31)32)21(29)33-15-18-8-6-5-7-9-18/h5-12,17H,13-16H2,1-4H3/t17-/m0/s1. The Morgan fingerprint density at radius 3 is 2.49 bits per heavy atom. The van der Waals surface area contributed by atoms with Crippen LogP contribution in [0.2, 0.25) is 0 Å². The van der Waals surface area contributed by atoms with Gasteiger partial charge in [-0.2, -0.15) is 5.10 Å². The zero-order valence-electron chi connectivity index (χ0n) is 20.1. The third-order valence-electron chi connectivity index (χ3n) is 5.50. The van der Waals surface area contributed by atoms with Crippen LogP contribution in [0.3, 0.4) is 0 Å². The molecule has 188 valence electrons. The Bertz CT molecular complexity index is 1230. The predicted octanol–water partition coefficient (Wildman–Crippen LogP) is 3.24. The van der Waals surface area contributed by atoms with Crippen molar-refractivity contribution in [2.75, 3.05) is 10.2 Å². The molecule has 0 saturated heterocycles. The van der Waals surface area contributed by atoms with Gasteiger partial charge in [0.15, 0.2) is 5.88 Å². The maximum Gasteiger partial charge on any atom is 0.415 e. The van der Waals surface area contributed by atoms with Gasteiger partial charge in [0.05, 0.1) is 36.7 Å². The molecule has 3 heterocycles. The number of rotatable bonds is 3. The summed E-state index contributed by atoms with van der Waals surface area (Å²) < 4.78 is 39.7. The summed E-state index contributed by atoms with van der Waals surface area (Å²) in [5, 5.41) is 4.33. The van der Waals surface area contributed by atoms with Crippen LogP contribution in [0.4, 0.5) is 15.3 Å². The monoisotopic (exact) mass is 503 g/mol. The first kappa shape index (κ1) is 24.6. The summed E-state index contributed by atoms with van der Waals surface area (Å²) in [7, 11) is -3.95. The van der Waals surface area contributed by atoms with Crippen LogP contribution in [0.1, 0.15) is 39.0 Å². The number of fused-ring (bicyclic) bond motifs is 1. The molecule has 1 atom stereocenters. The number of carbonyl (C=O) groups excluding carboxylic acids is 2. The Kier molecular flexibility index (Phi) is 6.50. The van der Waals surface area contributed by atoms with Crippen LogP contribution in [0.15, 0.2) is 48.9 Å². The van der Waals surface area contributed by atoms with Crippen molar-refractivity contribution >= 4 is 27.9 Å². The molecule has 12 heteroatoms. The molecule has 0 saturated carbocycles. The Morgan fingerprint density at radius 1 is 1.11 bits per heavy atom. The van der Waals surface area contributed by atoms with Crippen molar-refractivity contribution in [2.45, 2.75) is 59.0 Å². The quantitative estimate of drug-likeness (QED) is 0.632. The lowest BCUT2D eigenvalue weighted by molar-refractivity contribution is 0.00913. The number of sulfonamides is 1. The Hall–Kier alpha value is -3.54. The van der Waals surface area contributed by atoms with Gasteiger partial charge in [0.25, 0.3) is 10.0 Å². The number of hydrogen-bond donors (Lipinski definition) is 0. The number of hydrogen-bond acceptors (Lipinski definition) is 7. The van der Waals surface area contributed by atoms with Gasteiger partial charge in [-0.1, -0.05) is 30.3 Å². The Balaban J connectivity index is 1.51. The molecule has 35 heavy (non-hydrogen) atoms. The Labute approximate surface area is 204 Å². The van der Waals surface area contributed by atoms with Crippen LogP contribution < -0.4 is 4.31 Å². The molecule has 2 amide bonds. The van der Waals surface area contributed by atoms with Gasteiger partial charge in [0.2, 0.25) is 0 Å². The van der Waals surface area contributed by atoms with E-state index in [1.54, 1.807) is 30.4 Å². The summed E-state index contributed by atoms with van der Waals surface area (Å²) in [5.74, 6) is -0.589. The number of benzene rings is 1. The van der Waals surface area contributed by atoms with Gasteiger partial charge in [0.1, 0.15) is 12.2 Å². The molecular weight excluding hydrogens is 474 g/mol. The third kappa shape index (κ3) is 5.42. The van der Waals surface area contributed by atoms with Gasteiger partial charge in [-0.15, -0.1) is 0 Å². The van der Waals surface area contributed by atoms with Crippen LogP contribution >= 0.6 is 0 Å². The summed E-state index contributed by atoms with van der Waals surface area (Å²) in [6.45, 7) is 7.80. The molecule has 0 fully saturated rings. The normalized spacial score (nSPS) is 19.3. The van der Waals surface area contributed by atoms with E-state index in [0.717, 1.165) is 14.8 Å². The summed E-state index contributed by atoms with van der Waals surface area (Å²) in [6, 6.07) is 8.93. The number of anilines is 1. The lowest BCUT2D eigenvalue weighted by Gasteiger charge is -2.36. The molecule has 2 aliphatic heterocycles. The van der Waals surface area contributed by atoms with Crippen molar-refractivity contribution in [3.05, 3.63) is 60.2 Å². The minimum atomic E-state index is -3.95. The fraction of sp³-hybridized carbons (Fsp3) is 0.435. The van der Waals surface area contributed by atoms with E-state index < -0.39 is 33.7 Å². The zero-order valence-corrected chi connectivity index (χ0v) is 20.9. The van der Waals surface area contributed by atoms with Crippen LogP contribution in [0.25, 0.3) is 0 Å². The fourth-order valence-electron chi connectivity index (χ4n) is 3.80. The molecular formula is C23H29N5O6S. The van der Waals surface area contributed by atoms with Gasteiger partial charge >= 0.3 is 12.2 Å². The molecule has 0 bridgehead atoms. The number of amides is 2. The second-order valence-corrected chi connectivity index (χ2v) is 11.3. The maximum absolute atomic E-state index is 13.1. The molecule has 0 unspecified atom stereocenters. The lowest BCUT2D eigenvalue weighted by atomic mass is 10.2. The zero-order chi connectivity index (χ0) is 25.4. The average molecular weight is 504 g/mol. The van der Waals surface area contributed by atoms with Crippen molar-refractivity contribution in [2.24, 2.45) is 0 Å². The van der Waals surface area contributed by atoms with E-state index in [9.17, 15) is 18.0 Å². The van der Waals surface area contributed by atoms with E-state index in [4.69, 9.17) is 9.47 Å². The van der Waals surface area contributed by atoms with Crippen LogP contribution in [-0.2, 0) is 39.2 Å². The fourth-order valence-corrected chi connectivity index (χ4v) is 5.16. The van der Waals surface area contributed by atoms with Gasteiger partial charge in [0, 0.05) is 12.4 Å². The average Bonchev–Trinajstić information content (AvgIpc) is 3.17. The first-order valence-electron chi connectivity index (χ1n) is 11.2. The summed E-state index contributed by atoms with van der Waals surface area (Å²) >= 11 is 0. The third-order valence-corrected chi connectivity index (χ3v) is 7.03. The van der Waals surface area contributed by atoms with E-state index in [-0.39, 0.29) is 19.2 Å². The van der Waals surface area contributed by atoms with E-state index in [1.807, 2.05) is 37.3 Å². The largest absolute Gasteiger partial charge is 0.444 e. The summed E-state index contributed by atoms with van der Waals surface area (Å²) in [5.41, 5.74) is 1.01. The van der Waals surface area contributed by atoms with Gasteiger partial charge in [-0.05, 0) is 33.3 Å². The second kappa shape index (κ2) is 9.25. The first-order chi connectivity index (χ1) is 16.4. The second-order valence-electron chi connectivity index (χ2n) is 9.46. The van der Waals surface area contributed by atoms with Crippen molar-refractivity contribution in [3.63, 3.8) is 0 Å². The van der Waals surface area contributed by atoms with E-state index in [2.05, 4.69) is 5.10 Å². The molecule has 0 aliphatic carbocycles. The number of carbonyl (C=O) groups is 2. The van der Waals surface area contributed by atoms with E-state index in [0.29, 0.717) is 17.9 Å². The smallest absolute Gasteiger partial charge is 0.415 e. The predicted molar refractivity (Wildman–Crippen MR) is 127 cm³/mol. The SMILES string of the molecule is C[C@H]1Cn2ncc(N3C=CN(C(=O)OCc4ccccc4)CS3(=O)=O)c2CN1C(=O)OC(C)(C)C. The highest BCUT2D eigenvalue weighted by molar-refractivity contribution is 7.92. The molecule has 2 aromatic rings. The van der Waals surface area contributed by atoms with Crippen molar-refractivity contribution < 1.29 is 27.5 Å². The van der Waals surface area contributed by atoms with Gasteiger partial charge in [-0.3, -0.25) is 14.5 Å². The molecule has 0 radical (unpaired) electrons. The first-order valence-corrected chi connectivity index (χ1v) is 12.8. The summed E-state index contributed by atoms with van der Waals surface area (Å²) in [6.07, 6.45) is 2.85. The van der Waals surface area contributed by atoms with Crippen molar-refractivity contribution in [3.8, 4) is 0 Å². The molecule has 11 nitrogen and oxygen atoms in total. The minimum absolute atomic E-state index is 0.0311. The van der Waals surface area contributed by atoms with E-state index >= 15 is 0 Å². The minimum Gasteiger partial charge on any atom is -0.444 e. The van der Waals surface area contributed by atoms with Gasteiger partial charge in [-0.25, -0.2) is 22.3 Å². The number of ether oxygens (including phenoxy) is 2. The topological polar surface area (TPSA) is 114 Å². The molecule has 0 N–H and O–H groups in total. The summed E-state index contributed by atoms with van der Waals surface area (Å²) in [4.78, 5) is 27.7. The van der Waals surface area contributed by atoms with Crippen molar-refractivity contribution in [1.29, 1.82) is 0 Å². The van der Waals surface area contributed by atoms with Crippen LogP contribution in [-0.4, -0.2) is 57.7 Å². The molecule has 4 rings (SSSR count). The molecule has 1 aromatic carbocycles. The maximum atomic E-state index is 13.1. The lowest BCUT2D eigenvalue weighted by Crippen LogP contribution is -2.47. The van der Waals surface area contributed by atoms with Gasteiger partial charge < -0.3 is 9.47 Å². The molecule has 1 aromatic heterocycles. The molecule has 2 aliphatic rings. The van der Waals surface area contributed by atoms with Crippen molar-refractivity contribution in [1.82, 2.24) is 19.6 Å². The Morgan fingerprint density at radius 2 is 1.83 bits per heavy atom. The highest BCUT2D eigenvalue weighted by Crippen LogP contribution is 2.31. The highest BCUT2D eigenvalue weighted by Gasteiger charge is 2.37. The van der Waals surface area contributed by atoms with Crippen LogP contribution in [0, 0.1) is 0 Å².